The molecule has 1 saturated heterocycles. The molecular formula is C21H23N5OS. The fraction of sp³-hybridized carbons (Fsp3) is 0.286. The molecule has 1 amide bonds. The van der Waals surface area contributed by atoms with E-state index < -0.39 is 0 Å². The van der Waals surface area contributed by atoms with Crippen LogP contribution in [0.25, 0.3) is 0 Å². The SMILES string of the molecule is Cc1nc(Nc2ccc(NC(=O)c3cccs3)cc2)cc(N2CCCCC2)n1. The number of thiophene rings is 1. The molecule has 4 rings (SSSR count). The van der Waals surface area contributed by atoms with E-state index >= 15 is 0 Å². The number of hydrogen-bond donors (Lipinski definition) is 2. The Bertz CT molecular complexity index is 934. The molecule has 28 heavy (non-hydrogen) atoms. The Morgan fingerprint density at radius 2 is 1.79 bits per heavy atom. The number of amides is 1. The van der Waals surface area contributed by atoms with E-state index in [1.165, 1.54) is 30.6 Å². The van der Waals surface area contributed by atoms with Crippen LogP contribution in [0.5, 0.6) is 0 Å². The summed E-state index contributed by atoms with van der Waals surface area (Å²) < 4.78 is 0. The predicted octanol–water partition coefficient (Wildman–Crippen LogP) is 4.83. The summed E-state index contributed by atoms with van der Waals surface area (Å²) in [4.78, 5) is 24.3. The minimum atomic E-state index is -0.0895. The topological polar surface area (TPSA) is 70.2 Å². The smallest absolute Gasteiger partial charge is 0.265 e. The Kier molecular flexibility index (Phi) is 5.53. The van der Waals surface area contributed by atoms with E-state index in [2.05, 4.69) is 25.5 Å². The molecule has 0 bridgehead atoms. The van der Waals surface area contributed by atoms with Gasteiger partial charge in [0.25, 0.3) is 5.91 Å². The molecule has 7 heteroatoms. The molecule has 0 aliphatic carbocycles. The highest BCUT2D eigenvalue weighted by Gasteiger charge is 2.14. The molecule has 1 aliphatic heterocycles. The molecule has 1 aromatic carbocycles. The number of nitrogens with one attached hydrogen (secondary N) is 2. The van der Waals surface area contributed by atoms with Crippen LogP contribution < -0.4 is 15.5 Å². The number of nitrogens with zero attached hydrogens (tertiary/aromatic N) is 3. The Hall–Kier alpha value is -2.93. The summed E-state index contributed by atoms with van der Waals surface area (Å²) in [5.41, 5.74) is 1.67. The van der Waals surface area contributed by atoms with Gasteiger partial charge in [0.15, 0.2) is 0 Å². The maximum atomic E-state index is 12.1. The molecule has 0 radical (unpaired) electrons. The van der Waals surface area contributed by atoms with Crippen molar-refractivity contribution in [2.45, 2.75) is 26.2 Å². The van der Waals surface area contributed by atoms with Crippen molar-refractivity contribution < 1.29 is 4.79 Å². The number of rotatable bonds is 5. The third-order valence-electron chi connectivity index (χ3n) is 4.66. The fourth-order valence-corrected chi connectivity index (χ4v) is 3.91. The quantitative estimate of drug-likeness (QED) is 0.649. The second kappa shape index (κ2) is 8.39. The molecule has 3 heterocycles. The first-order chi connectivity index (χ1) is 13.7. The summed E-state index contributed by atoms with van der Waals surface area (Å²) in [6.45, 7) is 4.02. The van der Waals surface area contributed by atoms with Crippen molar-refractivity contribution in [2.24, 2.45) is 0 Å². The van der Waals surface area contributed by atoms with Gasteiger partial charge in [-0.05, 0) is 61.9 Å². The van der Waals surface area contributed by atoms with E-state index in [1.54, 1.807) is 0 Å². The Morgan fingerprint density at radius 1 is 1.04 bits per heavy atom. The summed E-state index contributed by atoms with van der Waals surface area (Å²) in [5, 5.41) is 8.14. The lowest BCUT2D eigenvalue weighted by atomic mass is 10.1. The molecule has 144 valence electrons. The molecule has 1 aliphatic rings. The van der Waals surface area contributed by atoms with Crippen molar-refractivity contribution in [3.05, 3.63) is 58.5 Å². The number of carbonyl (C=O) groups excluding carboxylic acids is 1. The highest BCUT2D eigenvalue weighted by Crippen LogP contribution is 2.23. The van der Waals surface area contributed by atoms with E-state index in [0.29, 0.717) is 4.88 Å². The van der Waals surface area contributed by atoms with Crippen LogP contribution in [0.2, 0.25) is 0 Å². The van der Waals surface area contributed by atoms with Crippen LogP contribution in [0.15, 0.2) is 47.8 Å². The molecule has 2 N–H and O–H groups in total. The van der Waals surface area contributed by atoms with E-state index in [-0.39, 0.29) is 5.91 Å². The zero-order valence-electron chi connectivity index (χ0n) is 15.8. The van der Waals surface area contributed by atoms with Gasteiger partial charge in [-0.3, -0.25) is 4.79 Å². The summed E-state index contributed by atoms with van der Waals surface area (Å²) in [6.07, 6.45) is 3.72. The van der Waals surface area contributed by atoms with Crippen molar-refractivity contribution in [3.8, 4) is 0 Å². The lowest BCUT2D eigenvalue weighted by molar-refractivity contribution is 0.103. The maximum Gasteiger partial charge on any atom is 0.265 e. The number of carbonyl (C=O) groups is 1. The minimum Gasteiger partial charge on any atom is -0.356 e. The zero-order chi connectivity index (χ0) is 19.3. The number of aryl methyl sites for hydroxylation is 1. The molecule has 0 spiro atoms. The molecule has 3 aromatic rings. The first-order valence-corrected chi connectivity index (χ1v) is 10.4. The van der Waals surface area contributed by atoms with Crippen LogP contribution in [0.1, 0.15) is 34.8 Å². The number of anilines is 4. The molecule has 1 fully saturated rings. The normalized spacial score (nSPS) is 14.0. The van der Waals surface area contributed by atoms with Crippen molar-refractivity contribution in [3.63, 3.8) is 0 Å². The molecule has 0 unspecified atom stereocenters. The Morgan fingerprint density at radius 3 is 2.50 bits per heavy atom. The molecule has 0 atom stereocenters. The predicted molar refractivity (Wildman–Crippen MR) is 115 cm³/mol. The van der Waals surface area contributed by atoms with Crippen LogP contribution in [0.3, 0.4) is 0 Å². The Labute approximate surface area is 168 Å². The average molecular weight is 394 g/mol. The molecule has 0 saturated carbocycles. The van der Waals surface area contributed by atoms with E-state index in [0.717, 1.165) is 41.9 Å². The highest BCUT2D eigenvalue weighted by molar-refractivity contribution is 7.12. The van der Waals surface area contributed by atoms with Crippen LogP contribution in [-0.2, 0) is 0 Å². The van der Waals surface area contributed by atoms with Gasteiger partial charge in [-0.2, -0.15) is 0 Å². The van der Waals surface area contributed by atoms with Crippen LogP contribution in [0, 0.1) is 6.92 Å². The van der Waals surface area contributed by atoms with E-state index in [1.807, 2.05) is 54.8 Å². The highest BCUT2D eigenvalue weighted by atomic mass is 32.1. The van der Waals surface area contributed by atoms with Crippen molar-refractivity contribution >= 4 is 40.3 Å². The van der Waals surface area contributed by atoms with Crippen LogP contribution in [-0.4, -0.2) is 29.0 Å². The van der Waals surface area contributed by atoms with Gasteiger partial charge in [-0.1, -0.05) is 6.07 Å². The summed E-state index contributed by atoms with van der Waals surface area (Å²) in [5.74, 6) is 2.43. The lowest BCUT2D eigenvalue weighted by Gasteiger charge is -2.28. The van der Waals surface area contributed by atoms with Gasteiger partial charge in [-0.25, -0.2) is 9.97 Å². The van der Waals surface area contributed by atoms with Gasteiger partial charge >= 0.3 is 0 Å². The molecule has 6 nitrogen and oxygen atoms in total. The van der Waals surface area contributed by atoms with E-state index in [4.69, 9.17) is 0 Å². The van der Waals surface area contributed by atoms with Gasteiger partial charge in [-0.15, -0.1) is 11.3 Å². The second-order valence-corrected chi connectivity index (χ2v) is 7.79. The fourth-order valence-electron chi connectivity index (χ4n) is 3.29. The number of benzene rings is 1. The van der Waals surface area contributed by atoms with Gasteiger partial charge in [0.2, 0.25) is 0 Å². The third kappa shape index (κ3) is 4.48. The zero-order valence-corrected chi connectivity index (χ0v) is 16.6. The summed E-state index contributed by atoms with van der Waals surface area (Å²) >= 11 is 1.43. The van der Waals surface area contributed by atoms with Crippen molar-refractivity contribution in [2.75, 3.05) is 28.6 Å². The van der Waals surface area contributed by atoms with Crippen molar-refractivity contribution in [1.29, 1.82) is 0 Å². The number of piperidine rings is 1. The Balaban J connectivity index is 1.44. The average Bonchev–Trinajstić information content (AvgIpc) is 3.25. The molecular weight excluding hydrogens is 370 g/mol. The van der Waals surface area contributed by atoms with E-state index in [9.17, 15) is 4.79 Å². The summed E-state index contributed by atoms with van der Waals surface area (Å²) in [6, 6.07) is 13.3. The van der Waals surface area contributed by atoms with Gasteiger partial charge in [0, 0.05) is 30.5 Å². The van der Waals surface area contributed by atoms with Crippen molar-refractivity contribution in [1.82, 2.24) is 9.97 Å². The monoisotopic (exact) mass is 393 g/mol. The first kappa shape index (κ1) is 18.4. The minimum absolute atomic E-state index is 0.0895. The second-order valence-electron chi connectivity index (χ2n) is 6.84. The molecule has 2 aromatic heterocycles. The van der Waals surface area contributed by atoms with Gasteiger partial charge in [0.05, 0.1) is 4.88 Å². The van der Waals surface area contributed by atoms with Gasteiger partial charge < -0.3 is 15.5 Å². The lowest BCUT2D eigenvalue weighted by Crippen LogP contribution is -2.30. The number of aromatic nitrogens is 2. The maximum absolute atomic E-state index is 12.1. The van der Waals surface area contributed by atoms with Crippen LogP contribution >= 0.6 is 11.3 Å². The third-order valence-corrected chi connectivity index (χ3v) is 5.53. The standard InChI is InChI=1S/C21H23N5OS/c1-15-22-19(14-20(23-15)26-11-3-2-4-12-26)24-16-7-9-17(10-8-16)25-21(27)18-6-5-13-28-18/h5-10,13-14H,2-4,11-12H2,1H3,(H,25,27)(H,22,23,24). The largest absolute Gasteiger partial charge is 0.356 e. The first-order valence-electron chi connectivity index (χ1n) is 9.50. The summed E-state index contributed by atoms with van der Waals surface area (Å²) in [7, 11) is 0. The van der Waals surface area contributed by atoms with Gasteiger partial charge in [0.1, 0.15) is 17.5 Å². The van der Waals surface area contributed by atoms with Crippen LogP contribution in [0.4, 0.5) is 23.0 Å². The number of hydrogen-bond acceptors (Lipinski definition) is 6.